The summed E-state index contributed by atoms with van der Waals surface area (Å²) in [5.74, 6) is 0.0624. The van der Waals surface area contributed by atoms with Crippen molar-refractivity contribution in [2.24, 2.45) is 10.7 Å². The summed E-state index contributed by atoms with van der Waals surface area (Å²) in [7, 11) is 0. The summed E-state index contributed by atoms with van der Waals surface area (Å²) in [4.78, 5) is 20.4. The van der Waals surface area contributed by atoms with Gasteiger partial charge in [-0.1, -0.05) is 42.7 Å². The number of para-hydroxylation sites is 1. The minimum atomic E-state index is -0.297. The number of benzene rings is 1. The summed E-state index contributed by atoms with van der Waals surface area (Å²) in [5.41, 5.74) is 6.66. The molecule has 3 rings (SSSR count). The minimum absolute atomic E-state index is 0.0624. The first kappa shape index (κ1) is 14.8. The molecule has 0 aliphatic heterocycles. The number of carbonyl (C=O) groups is 1. The van der Waals surface area contributed by atoms with Gasteiger partial charge in [0.1, 0.15) is 0 Å². The van der Waals surface area contributed by atoms with Gasteiger partial charge in [0.2, 0.25) is 11.1 Å². The van der Waals surface area contributed by atoms with Crippen LogP contribution in [-0.2, 0) is 0 Å². The number of aromatic nitrogens is 1. The van der Waals surface area contributed by atoms with E-state index in [1.807, 2.05) is 24.3 Å². The Balaban J connectivity index is 1.60. The summed E-state index contributed by atoms with van der Waals surface area (Å²) in [6.45, 7) is 0. The van der Waals surface area contributed by atoms with E-state index in [1.54, 1.807) is 0 Å². The third-order valence-electron chi connectivity index (χ3n) is 3.68. The number of nitrogens with one attached hydrogen (secondary N) is 2. The Hall–Kier alpha value is -2.15. The molecule has 1 heterocycles. The van der Waals surface area contributed by atoms with Crippen molar-refractivity contribution in [3.8, 4) is 0 Å². The molecule has 1 aromatic heterocycles. The number of rotatable bonds is 2. The van der Waals surface area contributed by atoms with Crippen molar-refractivity contribution in [2.75, 3.05) is 0 Å². The zero-order valence-electron chi connectivity index (χ0n) is 12.2. The number of fused-ring (bicyclic) bond motifs is 1. The van der Waals surface area contributed by atoms with Gasteiger partial charge in [-0.05, 0) is 25.0 Å². The SMILES string of the molecule is N/C(=N\c1nc2ccccc2s1)NC(=O)NC1CCCCC1. The van der Waals surface area contributed by atoms with Crippen LogP contribution in [0, 0.1) is 0 Å². The summed E-state index contributed by atoms with van der Waals surface area (Å²) < 4.78 is 1.04. The van der Waals surface area contributed by atoms with E-state index >= 15 is 0 Å². The average molecular weight is 317 g/mol. The van der Waals surface area contributed by atoms with Gasteiger partial charge in [0.15, 0.2) is 0 Å². The van der Waals surface area contributed by atoms with Crippen LogP contribution in [0.5, 0.6) is 0 Å². The van der Waals surface area contributed by atoms with Gasteiger partial charge in [-0.15, -0.1) is 0 Å². The van der Waals surface area contributed by atoms with Crippen LogP contribution in [-0.4, -0.2) is 23.0 Å². The van der Waals surface area contributed by atoms with E-state index in [0.717, 1.165) is 23.1 Å². The number of carbonyl (C=O) groups excluding carboxylic acids is 1. The molecule has 0 radical (unpaired) electrons. The zero-order valence-corrected chi connectivity index (χ0v) is 13.0. The van der Waals surface area contributed by atoms with E-state index in [1.165, 1.54) is 30.6 Å². The normalized spacial score (nSPS) is 16.6. The highest BCUT2D eigenvalue weighted by Crippen LogP contribution is 2.27. The first-order valence-electron chi connectivity index (χ1n) is 7.48. The molecular weight excluding hydrogens is 298 g/mol. The predicted octanol–water partition coefficient (Wildman–Crippen LogP) is 2.87. The second kappa shape index (κ2) is 6.74. The molecule has 0 atom stereocenters. The van der Waals surface area contributed by atoms with Crippen molar-refractivity contribution in [1.82, 2.24) is 15.6 Å². The van der Waals surface area contributed by atoms with Gasteiger partial charge in [-0.25, -0.2) is 9.78 Å². The van der Waals surface area contributed by atoms with Crippen LogP contribution in [0.4, 0.5) is 9.93 Å². The molecule has 0 saturated heterocycles. The molecule has 1 saturated carbocycles. The minimum Gasteiger partial charge on any atom is -0.369 e. The lowest BCUT2D eigenvalue weighted by molar-refractivity contribution is 0.237. The summed E-state index contributed by atoms with van der Waals surface area (Å²) in [6, 6.07) is 7.72. The molecule has 0 bridgehead atoms. The molecule has 0 unspecified atom stereocenters. The summed E-state index contributed by atoms with van der Waals surface area (Å²) >= 11 is 1.44. The maximum atomic E-state index is 11.9. The fourth-order valence-electron chi connectivity index (χ4n) is 2.62. The number of guanidine groups is 1. The first-order chi connectivity index (χ1) is 10.7. The number of nitrogens with two attached hydrogens (primary N) is 1. The fraction of sp³-hybridized carbons (Fsp3) is 0.400. The van der Waals surface area contributed by atoms with Crippen LogP contribution in [0.2, 0.25) is 0 Å². The summed E-state index contributed by atoms with van der Waals surface area (Å²) in [6.07, 6.45) is 5.64. The second-order valence-corrected chi connectivity index (χ2v) is 6.40. The van der Waals surface area contributed by atoms with Crippen LogP contribution in [0.1, 0.15) is 32.1 Å². The molecule has 0 spiro atoms. The molecule has 2 amide bonds. The topological polar surface area (TPSA) is 92.4 Å². The average Bonchev–Trinajstić information content (AvgIpc) is 2.89. The van der Waals surface area contributed by atoms with Crippen molar-refractivity contribution in [3.05, 3.63) is 24.3 Å². The molecule has 1 aromatic carbocycles. The number of nitrogens with zero attached hydrogens (tertiary/aromatic N) is 2. The number of urea groups is 1. The third kappa shape index (κ3) is 3.73. The van der Waals surface area contributed by atoms with Crippen molar-refractivity contribution in [1.29, 1.82) is 0 Å². The molecule has 6 nitrogen and oxygen atoms in total. The third-order valence-corrected chi connectivity index (χ3v) is 4.61. The Morgan fingerprint density at radius 1 is 1.27 bits per heavy atom. The quantitative estimate of drug-likeness (QED) is 0.587. The van der Waals surface area contributed by atoms with Crippen LogP contribution in [0.3, 0.4) is 0 Å². The van der Waals surface area contributed by atoms with Gasteiger partial charge in [0, 0.05) is 6.04 Å². The molecule has 7 heteroatoms. The summed E-state index contributed by atoms with van der Waals surface area (Å²) in [5, 5.41) is 6.04. The molecule has 2 aromatic rings. The van der Waals surface area contributed by atoms with Gasteiger partial charge in [-0.2, -0.15) is 4.99 Å². The monoisotopic (exact) mass is 317 g/mol. The van der Waals surface area contributed by atoms with Gasteiger partial charge >= 0.3 is 6.03 Å². The van der Waals surface area contributed by atoms with Crippen molar-refractivity contribution in [2.45, 2.75) is 38.1 Å². The van der Waals surface area contributed by atoms with Gasteiger partial charge in [0.05, 0.1) is 10.2 Å². The number of hydrogen-bond donors (Lipinski definition) is 3. The van der Waals surface area contributed by atoms with Gasteiger partial charge < -0.3 is 11.1 Å². The lowest BCUT2D eigenvalue weighted by Gasteiger charge is -2.22. The molecule has 22 heavy (non-hydrogen) atoms. The molecule has 1 fully saturated rings. The van der Waals surface area contributed by atoms with Crippen molar-refractivity contribution in [3.63, 3.8) is 0 Å². The van der Waals surface area contributed by atoms with Crippen LogP contribution in [0.25, 0.3) is 10.2 Å². The van der Waals surface area contributed by atoms with E-state index in [4.69, 9.17) is 5.73 Å². The lowest BCUT2D eigenvalue weighted by Crippen LogP contribution is -2.47. The Bertz CT molecular complexity index is 657. The first-order valence-corrected chi connectivity index (χ1v) is 8.29. The lowest BCUT2D eigenvalue weighted by atomic mass is 9.96. The highest BCUT2D eigenvalue weighted by atomic mass is 32.1. The van der Waals surface area contributed by atoms with Crippen molar-refractivity contribution >= 4 is 38.7 Å². The standard InChI is InChI=1S/C15H19N5OS/c16-13(19-14(21)17-10-6-2-1-3-7-10)20-15-18-11-8-4-5-9-12(11)22-15/h4-5,8-10H,1-3,6-7H2,(H4,16,17,18,19,20,21). The van der Waals surface area contributed by atoms with E-state index in [0.29, 0.717) is 5.13 Å². The Kier molecular flexibility index (Phi) is 4.53. The van der Waals surface area contributed by atoms with E-state index in [2.05, 4.69) is 20.6 Å². The molecule has 4 N–H and O–H groups in total. The molecule has 116 valence electrons. The Labute approximate surface area is 132 Å². The van der Waals surface area contributed by atoms with Crippen molar-refractivity contribution < 1.29 is 4.79 Å². The highest BCUT2D eigenvalue weighted by Gasteiger charge is 2.15. The second-order valence-electron chi connectivity index (χ2n) is 5.39. The molecule has 1 aliphatic carbocycles. The van der Waals surface area contributed by atoms with Gasteiger partial charge in [0.25, 0.3) is 0 Å². The van der Waals surface area contributed by atoms with Gasteiger partial charge in [-0.3, -0.25) is 5.32 Å². The number of aliphatic imine (C=N–C) groups is 1. The maximum Gasteiger partial charge on any atom is 0.321 e. The largest absolute Gasteiger partial charge is 0.369 e. The van der Waals surface area contributed by atoms with Crippen LogP contribution < -0.4 is 16.4 Å². The van der Waals surface area contributed by atoms with Crippen LogP contribution in [0.15, 0.2) is 29.3 Å². The zero-order chi connectivity index (χ0) is 15.4. The van der Waals surface area contributed by atoms with E-state index < -0.39 is 0 Å². The maximum absolute atomic E-state index is 11.9. The predicted molar refractivity (Wildman–Crippen MR) is 89.4 cm³/mol. The van der Waals surface area contributed by atoms with Crippen LogP contribution >= 0.6 is 11.3 Å². The number of amides is 2. The molecule has 1 aliphatic rings. The Morgan fingerprint density at radius 3 is 2.82 bits per heavy atom. The Morgan fingerprint density at radius 2 is 2.05 bits per heavy atom. The number of hydrogen-bond acceptors (Lipinski definition) is 4. The number of thiazole rings is 1. The molecular formula is C15H19N5OS. The fourth-order valence-corrected chi connectivity index (χ4v) is 3.47. The van der Waals surface area contributed by atoms with E-state index in [-0.39, 0.29) is 18.0 Å². The van der Waals surface area contributed by atoms with E-state index in [9.17, 15) is 4.79 Å². The highest BCUT2D eigenvalue weighted by molar-refractivity contribution is 7.22. The smallest absolute Gasteiger partial charge is 0.321 e.